The van der Waals surface area contributed by atoms with Gasteiger partial charge in [0.1, 0.15) is 0 Å². The molecule has 1 aromatic heterocycles. The van der Waals surface area contributed by atoms with Crippen LogP contribution in [-0.2, 0) is 11.3 Å². The van der Waals surface area contributed by atoms with Gasteiger partial charge in [-0.25, -0.2) is 4.98 Å². The first-order valence-corrected chi connectivity index (χ1v) is 6.95. The van der Waals surface area contributed by atoms with Gasteiger partial charge in [0, 0.05) is 19.5 Å². The summed E-state index contributed by atoms with van der Waals surface area (Å²) in [6, 6.07) is 7.24. The zero-order chi connectivity index (χ0) is 13.9. The van der Waals surface area contributed by atoms with E-state index >= 15 is 0 Å². The molecule has 0 saturated heterocycles. The lowest BCUT2D eigenvalue weighted by Crippen LogP contribution is -2.28. The van der Waals surface area contributed by atoms with Crippen molar-refractivity contribution in [3.8, 4) is 0 Å². The van der Waals surface area contributed by atoms with Crippen molar-refractivity contribution in [3.63, 3.8) is 0 Å². The Morgan fingerprint density at radius 3 is 2.95 bits per heavy atom. The van der Waals surface area contributed by atoms with E-state index in [2.05, 4.69) is 10.3 Å². The molecule has 0 atom stereocenters. The highest BCUT2D eigenvalue weighted by atomic mass is 16.1. The van der Waals surface area contributed by atoms with Gasteiger partial charge in [-0.15, -0.1) is 0 Å². The highest BCUT2D eigenvalue weighted by molar-refractivity contribution is 5.77. The van der Waals surface area contributed by atoms with Crippen LogP contribution in [0, 0.1) is 5.92 Å². The van der Waals surface area contributed by atoms with E-state index in [0.717, 1.165) is 6.54 Å². The Morgan fingerprint density at radius 1 is 1.35 bits per heavy atom. The molecule has 1 amide bonds. The predicted octanol–water partition coefficient (Wildman–Crippen LogP) is 1.31. The molecule has 1 N–H and O–H groups in total. The quantitative estimate of drug-likeness (QED) is 0.892. The summed E-state index contributed by atoms with van der Waals surface area (Å²) in [7, 11) is 0. The van der Waals surface area contributed by atoms with Crippen LogP contribution in [-0.4, -0.2) is 22.0 Å². The number of carbonyl (C=O) groups excluding carboxylic acids is 1. The monoisotopic (exact) mass is 271 g/mol. The Balaban J connectivity index is 1.66. The molecule has 1 aromatic carbocycles. The molecule has 3 rings (SSSR count). The summed E-state index contributed by atoms with van der Waals surface area (Å²) in [5, 5.41) is 3.49. The molecular weight excluding hydrogens is 254 g/mol. The van der Waals surface area contributed by atoms with Gasteiger partial charge in [0.2, 0.25) is 5.91 Å². The standard InChI is InChI=1S/C15H17N3O2/c19-14(16-9-11-5-6-11)7-8-18-10-17-13-4-2-1-3-12(13)15(18)20/h1-4,10-11H,5-9H2,(H,16,19). The normalized spacial score (nSPS) is 14.4. The second-order valence-corrected chi connectivity index (χ2v) is 5.26. The minimum Gasteiger partial charge on any atom is -0.356 e. The van der Waals surface area contributed by atoms with Crippen LogP contribution in [0.15, 0.2) is 35.4 Å². The van der Waals surface area contributed by atoms with Crippen LogP contribution < -0.4 is 10.9 Å². The van der Waals surface area contributed by atoms with Crippen molar-refractivity contribution in [2.45, 2.75) is 25.8 Å². The first-order chi connectivity index (χ1) is 9.74. The third-order valence-corrected chi connectivity index (χ3v) is 3.60. The molecule has 5 nitrogen and oxygen atoms in total. The molecule has 0 aliphatic heterocycles. The van der Waals surface area contributed by atoms with E-state index in [-0.39, 0.29) is 11.5 Å². The first-order valence-electron chi connectivity index (χ1n) is 6.95. The molecule has 104 valence electrons. The van der Waals surface area contributed by atoms with Gasteiger partial charge < -0.3 is 5.32 Å². The van der Waals surface area contributed by atoms with E-state index < -0.39 is 0 Å². The van der Waals surface area contributed by atoms with E-state index in [1.165, 1.54) is 23.7 Å². The first kappa shape index (κ1) is 12.8. The molecule has 0 bridgehead atoms. The van der Waals surface area contributed by atoms with E-state index in [1.807, 2.05) is 18.2 Å². The zero-order valence-electron chi connectivity index (χ0n) is 11.2. The van der Waals surface area contributed by atoms with Crippen LogP contribution in [0.5, 0.6) is 0 Å². The van der Waals surface area contributed by atoms with Gasteiger partial charge in [-0.3, -0.25) is 14.2 Å². The lowest BCUT2D eigenvalue weighted by atomic mass is 10.2. The van der Waals surface area contributed by atoms with Gasteiger partial charge in [-0.05, 0) is 30.9 Å². The number of para-hydroxylation sites is 1. The Bertz CT molecular complexity index is 689. The summed E-state index contributed by atoms with van der Waals surface area (Å²) in [6.07, 6.45) is 4.26. The van der Waals surface area contributed by atoms with Gasteiger partial charge >= 0.3 is 0 Å². The molecular formula is C15H17N3O2. The fourth-order valence-electron chi connectivity index (χ4n) is 2.16. The zero-order valence-corrected chi connectivity index (χ0v) is 11.2. The number of aromatic nitrogens is 2. The molecule has 1 heterocycles. The number of fused-ring (bicyclic) bond motifs is 1. The summed E-state index contributed by atoms with van der Waals surface area (Å²) in [6.45, 7) is 1.14. The molecule has 0 radical (unpaired) electrons. The van der Waals surface area contributed by atoms with E-state index in [0.29, 0.717) is 29.8 Å². The van der Waals surface area contributed by atoms with E-state index in [9.17, 15) is 9.59 Å². The van der Waals surface area contributed by atoms with Crippen molar-refractivity contribution in [3.05, 3.63) is 40.9 Å². The fraction of sp³-hybridized carbons (Fsp3) is 0.400. The Kier molecular flexibility index (Phi) is 3.50. The maximum absolute atomic E-state index is 12.2. The second kappa shape index (κ2) is 5.45. The van der Waals surface area contributed by atoms with Crippen LogP contribution in [0.3, 0.4) is 0 Å². The largest absolute Gasteiger partial charge is 0.356 e. The van der Waals surface area contributed by atoms with Crippen LogP contribution in [0.1, 0.15) is 19.3 Å². The van der Waals surface area contributed by atoms with Crippen molar-refractivity contribution < 1.29 is 4.79 Å². The molecule has 0 spiro atoms. The number of nitrogens with one attached hydrogen (secondary N) is 1. The fourth-order valence-corrected chi connectivity index (χ4v) is 2.16. The molecule has 20 heavy (non-hydrogen) atoms. The topological polar surface area (TPSA) is 64.0 Å². The number of amides is 1. The summed E-state index contributed by atoms with van der Waals surface area (Å²) >= 11 is 0. The van der Waals surface area contributed by atoms with Gasteiger partial charge in [-0.2, -0.15) is 0 Å². The molecule has 1 aliphatic carbocycles. The average molecular weight is 271 g/mol. The van der Waals surface area contributed by atoms with Gasteiger partial charge in [0.05, 0.1) is 17.2 Å². The number of rotatable bonds is 5. The highest BCUT2D eigenvalue weighted by Crippen LogP contribution is 2.27. The Hall–Kier alpha value is -2.17. The Labute approximate surface area is 116 Å². The lowest BCUT2D eigenvalue weighted by Gasteiger charge is -2.07. The van der Waals surface area contributed by atoms with Crippen molar-refractivity contribution in [1.29, 1.82) is 0 Å². The lowest BCUT2D eigenvalue weighted by molar-refractivity contribution is -0.121. The summed E-state index contributed by atoms with van der Waals surface area (Å²) in [5.41, 5.74) is 0.595. The van der Waals surface area contributed by atoms with Gasteiger partial charge in [0.25, 0.3) is 5.56 Å². The van der Waals surface area contributed by atoms with Crippen molar-refractivity contribution in [2.24, 2.45) is 5.92 Å². The Morgan fingerprint density at radius 2 is 2.15 bits per heavy atom. The van der Waals surface area contributed by atoms with Gasteiger partial charge in [0.15, 0.2) is 0 Å². The number of hydrogen-bond acceptors (Lipinski definition) is 3. The predicted molar refractivity (Wildman–Crippen MR) is 76.4 cm³/mol. The summed E-state index contributed by atoms with van der Waals surface area (Å²) < 4.78 is 1.50. The van der Waals surface area contributed by atoms with E-state index in [4.69, 9.17) is 0 Å². The van der Waals surface area contributed by atoms with Crippen molar-refractivity contribution in [2.75, 3.05) is 6.54 Å². The maximum Gasteiger partial charge on any atom is 0.261 e. The number of hydrogen-bond donors (Lipinski definition) is 1. The number of carbonyl (C=O) groups is 1. The SMILES string of the molecule is O=C(CCn1cnc2ccccc2c1=O)NCC1CC1. The number of benzene rings is 1. The molecule has 2 aromatic rings. The van der Waals surface area contributed by atoms with Crippen LogP contribution >= 0.6 is 0 Å². The smallest absolute Gasteiger partial charge is 0.261 e. The van der Waals surface area contributed by atoms with Gasteiger partial charge in [-0.1, -0.05) is 12.1 Å². The average Bonchev–Trinajstić information content (AvgIpc) is 3.29. The van der Waals surface area contributed by atoms with Crippen molar-refractivity contribution >= 4 is 16.8 Å². The van der Waals surface area contributed by atoms with Crippen LogP contribution in [0.2, 0.25) is 0 Å². The minimum atomic E-state index is -0.0920. The number of nitrogens with zero attached hydrogens (tertiary/aromatic N) is 2. The minimum absolute atomic E-state index is 0.00282. The second-order valence-electron chi connectivity index (χ2n) is 5.26. The maximum atomic E-state index is 12.2. The van der Waals surface area contributed by atoms with Crippen LogP contribution in [0.25, 0.3) is 10.9 Å². The summed E-state index contributed by atoms with van der Waals surface area (Å²) in [4.78, 5) is 28.1. The molecule has 1 aliphatic rings. The van der Waals surface area contributed by atoms with Crippen LogP contribution in [0.4, 0.5) is 0 Å². The molecule has 0 unspecified atom stereocenters. The number of aryl methyl sites for hydroxylation is 1. The van der Waals surface area contributed by atoms with E-state index in [1.54, 1.807) is 6.07 Å². The molecule has 1 fully saturated rings. The molecule has 5 heteroatoms. The van der Waals surface area contributed by atoms with Crippen molar-refractivity contribution in [1.82, 2.24) is 14.9 Å². The molecule has 1 saturated carbocycles. The highest BCUT2D eigenvalue weighted by Gasteiger charge is 2.21. The third-order valence-electron chi connectivity index (χ3n) is 3.60. The summed E-state index contributed by atoms with van der Waals surface area (Å²) in [5.74, 6) is 0.668. The third kappa shape index (κ3) is 2.87.